The summed E-state index contributed by atoms with van der Waals surface area (Å²) in [7, 11) is 0. The van der Waals surface area contributed by atoms with Crippen LogP contribution in [0.2, 0.25) is 0 Å². The van der Waals surface area contributed by atoms with Gasteiger partial charge in [-0.2, -0.15) is 0 Å². The molecule has 9 heteroatoms. The van der Waals surface area contributed by atoms with E-state index in [0.717, 1.165) is 37.2 Å². The molecule has 1 aromatic carbocycles. The third kappa shape index (κ3) is 6.20. The second-order valence-corrected chi connectivity index (χ2v) is 12.5. The van der Waals surface area contributed by atoms with E-state index >= 15 is 0 Å². The number of ether oxygens (including phenoxy) is 2. The molecule has 0 bridgehead atoms. The first-order valence-electron chi connectivity index (χ1n) is 12.7. The van der Waals surface area contributed by atoms with E-state index in [1.165, 1.54) is 0 Å². The van der Waals surface area contributed by atoms with Gasteiger partial charge in [0, 0.05) is 57.0 Å². The second kappa shape index (κ2) is 11.5. The van der Waals surface area contributed by atoms with E-state index in [1.54, 1.807) is 17.0 Å². The zero-order valence-corrected chi connectivity index (χ0v) is 22.6. The van der Waals surface area contributed by atoms with Crippen molar-refractivity contribution in [1.82, 2.24) is 19.5 Å². The summed E-state index contributed by atoms with van der Waals surface area (Å²) in [4.78, 5) is 21.8. The molecule has 2 aromatic rings. The van der Waals surface area contributed by atoms with Gasteiger partial charge in [-0.15, -0.1) is 4.72 Å². The number of benzene rings is 1. The maximum absolute atomic E-state index is 12.7. The van der Waals surface area contributed by atoms with Crippen molar-refractivity contribution in [3.8, 4) is 5.75 Å². The van der Waals surface area contributed by atoms with Crippen molar-refractivity contribution in [2.45, 2.75) is 56.9 Å². The fourth-order valence-electron chi connectivity index (χ4n) is 4.76. The van der Waals surface area contributed by atoms with Crippen LogP contribution in [0.25, 0.3) is 0 Å². The molecule has 1 aromatic heterocycles. The number of para-hydroxylation sites is 1. The summed E-state index contributed by atoms with van der Waals surface area (Å²) in [6, 6.07) is 13.3. The van der Waals surface area contributed by atoms with Gasteiger partial charge in [0.15, 0.2) is 0 Å². The fraction of sp³-hybridized carbons (Fsp3) is 0.556. The van der Waals surface area contributed by atoms with E-state index in [1.807, 2.05) is 52.1 Å². The Kier molecular flexibility index (Phi) is 8.57. The molecule has 4 rings (SSSR count). The van der Waals surface area contributed by atoms with Crippen molar-refractivity contribution < 1.29 is 18.8 Å². The van der Waals surface area contributed by atoms with Gasteiger partial charge in [0.25, 0.3) is 0 Å². The number of amides is 1. The summed E-state index contributed by atoms with van der Waals surface area (Å²) >= 11 is -1.16. The van der Waals surface area contributed by atoms with Crippen molar-refractivity contribution in [3.05, 3.63) is 59.9 Å². The molecule has 1 amide bonds. The van der Waals surface area contributed by atoms with Crippen LogP contribution in [0.3, 0.4) is 0 Å². The minimum Gasteiger partial charge on any atom is -0.598 e. The Hall–Kier alpha value is -2.17. The maximum Gasteiger partial charge on any atom is 0.415 e. The fourth-order valence-corrected chi connectivity index (χ4v) is 5.57. The smallest absolute Gasteiger partial charge is 0.415 e. The summed E-state index contributed by atoms with van der Waals surface area (Å²) in [6.45, 7) is 12.0. The zero-order chi connectivity index (χ0) is 25.8. The molecular formula is C27H38N4O4S. The monoisotopic (exact) mass is 514 g/mol. The third-order valence-corrected chi connectivity index (χ3v) is 8.69. The summed E-state index contributed by atoms with van der Waals surface area (Å²) in [5, 5.41) is 0. The van der Waals surface area contributed by atoms with E-state index in [4.69, 9.17) is 14.5 Å². The molecule has 2 aliphatic rings. The molecule has 2 fully saturated rings. The van der Waals surface area contributed by atoms with Gasteiger partial charge >= 0.3 is 6.09 Å². The molecule has 2 atom stereocenters. The number of rotatable bonds is 6. The highest BCUT2D eigenvalue weighted by atomic mass is 32.2. The second-order valence-electron chi connectivity index (χ2n) is 10.5. The molecule has 36 heavy (non-hydrogen) atoms. The lowest BCUT2D eigenvalue weighted by Crippen LogP contribution is -2.58. The summed E-state index contributed by atoms with van der Waals surface area (Å²) in [5.74, 6) is 0.560. The first-order valence-corrected chi connectivity index (χ1v) is 13.8. The molecule has 0 aliphatic carbocycles. The normalized spacial score (nSPS) is 20.5. The zero-order valence-electron chi connectivity index (χ0n) is 21.7. The van der Waals surface area contributed by atoms with E-state index < -0.39 is 11.4 Å². The summed E-state index contributed by atoms with van der Waals surface area (Å²) < 4.78 is 26.6. The van der Waals surface area contributed by atoms with Crippen LogP contribution >= 0.6 is 0 Å². The molecular weight excluding hydrogens is 476 g/mol. The van der Waals surface area contributed by atoms with Crippen LogP contribution in [0.4, 0.5) is 4.79 Å². The molecule has 0 radical (unpaired) electrons. The van der Waals surface area contributed by atoms with Crippen molar-refractivity contribution in [2.24, 2.45) is 0 Å². The molecule has 3 heterocycles. The Bertz CT molecular complexity index is 985. The molecule has 2 aliphatic heterocycles. The Morgan fingerprint density at radius 3 is 2.36 bits per heavy atom. The van der Waals surface area contributed by atoms with Crippen LogP contribution in [0.1, 0.15) is 57.8 Å². The van der Waals surface area contributed by atoms with Crippen molar-refractivity contribution >= 4 is 17.5 Å². The first kappa shape index (κ1) is 26.9. The first-order chi connectivity index (χ1) is 17.2. The molecule has 1 unspecified atom stereocenters. The SMILES string of the molecule is C[C@H](N[S+]([O-])C(C)(C)C)c1ccc(C2(N3CCN(C(=O)Oc4ccccc4)CC3)CCOCC2)nc1. The highest BCUT2D eigenvalue weighted by Gasteiger charge is 2.43. The van der Waals surface area contributed by atoms with Gasteiger partial charge in [-0.25, -0.2) is 4.79 Å². The number of nitrogens with zero attached hydrogens (tertiary/aromatic N) is 3. The molecule has 196 valence electrons. The van der Waals surface area contributed by atoms with Crippen molar-refractivity contribution in [2.75, 3.05) is 39.4 Å². The number of hydrogen-bond acceptors (Lipinski definition) is 7. The average Bonchev–Trinajstić information content (AvgIpc) is 2.89. The molecule has 2 saturated heterocycles. The van der Waals surface area contributed by atoms with E-state index in [2.05, 4.69) is 21.8 Å². The standard InChI is InChI=1S/C27H38N4O4S/c1-21(29-36(33)26(2,3)4)22-10-11-24(28-20-22)27(12-18-34-19-13-27)31-16-14-30(15-17-31)25(32)35-23-8-6-5-7-9-23/h5-11,20-21,29H,12-19H2,1-4H3/t21-,36?/m0/s1. The maximum atomic E-state index is 12.7. The Labute approximate surface area is 217 Å². The van der Waals surface area contributed by atoms with Gasteiger partial charge in [0.05, 0.1) is 17.3 Å². The minimum absolute atomic E-state index is 0.0728. The topological polar surface area (TPSA) is 90.0 Å². The van der Waals surface area contributed by atoms with Gasteiger partial charge in [-0.05, 0) is 64.3 Å². The summed E-state index contributed by atoms with van der Waals surface area (Å²) in [5.41, 5.74) is 1.81. The highest BCUT2D eigenvalue weighted by molar-refractivity contribution is 7.90. The van der Waals surface area contributed by atoms with Crippen LogP contribution in [0.15, 0.2) is 48.7 Å². The van der Waals surface area contributed by atoms with Gasteiger partial charge in [0.2, 0.25) is 0 Å². The number of carbonyl (C=O) groups excluding carboxylic acids is 1. The Morgan fingerprint density at radius 1 is 1.11 bits per heavy atom. The molecule has 0 spiro atoms. The van der Waals surface area contributed by atoms with Crippen LogP contribution in [-0.4, -0.2) is 69.6 Å². The predicted octanol–water partition coefficient (Wildman–Crippen LogP) is 4.02. The van der Waals surface area contributed by atoms with Gasteiger partial charge in [-0.3, -0.25) is 9.88 Å². The lowest BCUT2D eigenvalue weighted by Gasteiger charge is -2.49. The van der Waals surface area contributed by atoms with E-state index in [9.17, 15) is 9.35 Å². The lowest BCUT2D eigenvalue weighted by atomic mass is 9.83. The largest absolute Gasteiger partial charge is 0.598 e. The van der Waals surface area contributed by atoms with Crippen LogP contribution in [0.5, 0.6) is 5.75 Å². The van der Waals surface area contributed by atoms with Crippen molar-refractivity contribution in [1.29, 1.82) is 0 Å². The van der Waals surface area contributed by atoms with Crippen LogP contribution < -0.4 is 9.46 Å². The molecule has 1 N–H and O–H groups in total. The Morgan fingerprint density at radius 2 is 1.78 bits per heavy atom. The summed E-state index contributed by atoms with van der Waals surface area (Å²) in [6.07, 6.45) is 3.31. The predicted molar refractivity (Wildman–Crippen MR) is 141 cm³/mol. The number of hydrogen-bond donors (Lipinski definition) is 1. The third-order valence-electron chi connectivity index (χ3n) is 7.01. The van der Waals surface area contributed by atoms with Gasteiger partial charge in [-0.1, -0.05) is 24.3 Å². The van der Waals surface area contributed by atoms with Gasteiger partial charge < -0.3 is 18.9 Å². The number of nitrogens with one attached hydrogen (secondary N) is 1. The number of pyridine rings is 1. The van der Waals surface area contributed by atoms with Crippen LogP contribution in [0, 0.1) is 0 Å². The quantitative estimate of drug-likeness (QED) is 0.583. The molecule has 8 nitrogen and oxygen atoms in total. The molecule has 0 saturated carbocycles. The van der Waals surface area contributed by atoms with E-state index in [-0.39, 0.29) is 22.4 Å². The minimum atomic E-state index is -1.16. The highest BCUT2D eigenvalue weighted by Crippen LogP contribution is 2.38. The lowest BCUT2D eigenvalue weighted by molar-refractivity contribution is -0.0505. The Balaban J connectivity index is 1.43. The van der Waals surface area contributed by atoms with E-state index in [0.29, 0.717) is 32.1 Å². The number of carbonyl (C=O) groups is 1. The van der Waals surface area contributed by atoms with Crippen molar-refractivity contribution in [3.63, 3.8) is 0 Å². The number of aromatic nitrogens is 1. The van der Waals surface area contributed by atoms with Crippen LogP contribution in [-0.2, 0) is 21.6 Å². The number of piperazine rings is 1. The van der Waals surface area contributed by atoms with Gasteiger partial charge in [0.1, 0.15) is 10.5 Å². The average molecular weight is 515 g/mol.